The van der Waals surface area contributed by atoms with Gasteiger partial charge in [0.25, 0.3) is 5.69 Å². The molecule has 142 valence electrons. The van der Waals surface area contributed by atoms with Crippen molar-refractivity contribution in [2.75, 3.05) is 17.7 Å². The average molecular weight is 406 g/mol. The van der Waals surface area contributed by atoms with E-state index in [1.165, 1.54) is 35.5 Å². The van der Waals surface area contributed by atoms with Gasteiger partial charge in [-0.05, 0) is 49.0 Å². The summed E-state index contributed by atoms with van der Waals surface area (Å²) < 4.78 is 4.95. The minimum atomic E-state index is -0.521. The number of esters is 1. The fraction of sp³-hybridized carbons (Fsp3) is 0.353. The zero-order valence-corrected chi connectivity index (χ0v) is 16.4. The lowest BCUT2D eigenvalue weighted by molar-refractivity contribution is -0.385. The lowest BCUT2D eigenvalue weighted by Gasteiger charge is -2.18. The SMILES string of the molecule is COC(=O)c1c(NC(=S)Nc2ccc([N+](=O)[O-])cn2)sc2c1CCC(C)C2. The average Bonchev–Trinajstić information content (AvgIpc) is 2.98. The molecule has 1 unspecified atom stereocenters. The summed E-state index contributed by atoms with van der Waals surface area (Å²) in [7, 11) is 1.36. The maximum atomic E-state index is 12.3. The van der Waals surface area contributed by atoms with Crippen LogP contribution in [0.1, 0.15) is 34.1 Å². The van der Waals surface area contributed by atoms with E-state index in [2.05, 4.69) is 22.5 Å². The lowest BCUT2D eigenvalue weighted by atomic mass is 9.88. The molecule has 1 atom stereocenters. The van der Waals surface area contributed by atoms with Crippen molar-refractivity contribution in [1.82, 2.24) is 4.98 Å². The number of thiophene rings is 1. The number of fused-ring (bicyclic) bond motifs is 1. The standard InChI is InChI=1S/C17H18N4O4S2/c1-9-3-5-11-12(7-9)27-15(14(11)16(22)25-2)20-17(26)19-13-6-4-10(8-18-13)21(23)24/h4,6,8-9H,3,5,7H2,1-2H3,(H2,18,19,20,26). The van der Waals surface area contributed by atoms with Crippen LogP contribution >= 0.6 is 23.6 Å². The van der Waals surface area contributed by atoms with Crippen LogP contribution in [-0.4, -0.2) is 28.1 Å². The Balaban J connectivity index is 1.79. The topological polar surface area (TPSA) is 106 Å². The van der Waals surface area contributed by atoms with E-state index in [-0.39, 0.29) is 16.8 Å². The van der Waals surface area contributed by atoms with Crippen LogP contribution in [0.15, 0.2) is 18.3 Å². The molecule has 1 aliphatic rings. The highest BCUT2D eigenvalue weighted by atomic mass is 32.1. The van der Waals surface area contributed by atoms with Crippen molar-refractivity contribution in [1.29, 1.82) is 0 Å². The molecule has 10 heteroatoms. The maximum Gasteiger partial charge on any atom is 0.341 e. The molecule has 8 nitrogen and oxygen atoms in total. The number of methoxy groups -OCH3 is 1. The first-order valence-corrected chi connectivity index (χ1v) is 9.52. The molecule has 1 aliphatic carbocycles. The highest BCUT2D eigenvalue weighted by Crippen LogP contribution is 2.40. The number of ether oxygens (including phenoxy) is 1. The van der Waals surface area contributed by atoms with Gasteiger partial charge in [-0.3, -0.25) is 10.1 Å². The third-order valence-corrected chi connectivity index (χ3v) is 5.70. The smallest absolute Gasteiger partial charge is 0.341 e. The number of aromatic nitrogens is 1. The van der Waals surface area contributed by atoms with Crippen molar-refractivity contribution < 1.29 is 14.5 Å². The Kier molecular flexibility index (Phi) is 5.66. The van der Waals surface area contributed by atoms with E-state index in [0.29, 0.717) is 22.3 Å². The van der Waals surface area contributed by atoms with E-state index >= 15 is 0 Å². The van der Waals surface area contributed by atoms with E-state index < -0.39 is 4.92 Å². The van der Waals surface area contributed by atoms with Crippen molar-refractivity contribution in [3.8, 4) is 0 Å². The molecule has 0 aliphatic heterocycles. The first kappa shape index (κ1) is 19.2. The number of nitrogens with zero attached hydrogens (tertiary/aromatic N) is 2. The number of pyridine rings is 1. The maximum absolute atomic E-state index is 12.3. The van der Waals surface area contributed by atoms with Gasteiger partial charge < -0.3 is 15.4 Å². The molecule has 2 aromatic heterocycles. The normalized spacial score (nSPS) is 15.6. The summed E-state index contributed by atoms with van der Waals surface area (Å²) in [4.78, 5) is 27.6. The summed E-state index contributed by atoms with van der Waals surface area (Å²) in [5.41, 5.74) is 1.46. The molecule has 0 aromatic carbocycles. The fourth-order valence-corrected chi connectivity index (χ4v) is 4.65. The van der Waals surface area contributed by atoms with Gasteiger partial charge in [0, 0.05) is 10.9 Å². The Morgan fingerprint density at radius 1 is 1.44 bits per heavy atom. The molecular formula is C17H18N4O4S2. The van der Waals surface area contributed by atoms with Crippen LogP contribution in [0.3, 0.4) is 0 Å². The third kappa shape index (κ3) is 4.22. The Morgan fingerprint density at radius 3 is 2.85 bits per heavy atom. The predicted molar refractivity (Wildman–Crippen MR) is 108 cm³/mol. The van der Waals surface area contributed by atoms with Crippen molar-refractivity contribution >= 4 is 51.1 Å². The Hall–Kier alpha value is -2.59. The van der Waals surface area contributed by atoms with Crippen molar-refractivity contribution in [3.05, 3.63) is 44.4 Å². The van der Waals surface area contributed by atoms with Crippen LogP contribution in [0.2, 0.25) is 0 Å². The number of rotatable bonds is 4. The molecule has 0 radical (unpaired) electrons. The number of hydrogen-bond acceptors (Lipinski definition) is 7. The third-order valence-electron chi connectivity index (χ3n) is 4.33. The number of carbonyl (C=O) groups excluding carboxylic acids is 1. The van der Waals surface area contributed by atoms with E-state index in [1.807, 2.05) is 0 Å². The molecule has 3 rings (SSSR count). The van der Waals surface area contributed by atoms with Crippen molar-refractivity contribution in [2.24, 2.45) is 5.92 Å². The monoisotopic (exact) mass is 406 g/mol. The summed E-state index contributed by atoms with van der Waals surface area (Å²) in [6.45, 7) is 2.19. The molecule has 2 heterocycles. The molecule has 2 N–H and O–H groups in total. The number of carbonyl (C=O) groups is 1. The van der Waals surface area contributed by atoms with E-state index in [1.54, 1.807) is 0 Å². The largest absolute Gasteiger partial charge is 0.465 e. The van der Waals surface area contributed by atoms with Crippen LogP contribution in [0.4, 0.5) is 16.5 Å². The fourth-order valence-electron chi connectivity index (χ4n) is 2.98. The van der Waals surface area contributed by atoms with E-state index in [9.17, 15) is 14.9 Å². The number of thiocarbonyl (C=S) groups is 1. The van der Waals surface area contributed by atoms with Gasteiger partial charge in [-0.25, -0.2) is 9.78 Å². The second-order valence-corrected chi connectivity index (χ2v) is 7.80. The molecule has 0 saturated heterocycles. The Morgan fingerprint density at radius 2 is 2.22 bits per heavy atom. The molecule has 0 fully saturated rings. The van der Waals surface area contributed by atoms with E-state index in [0.717, 1.165) is 31.0 Å². The summed E-state index contributed by atoms with van der Waals surface area (Å²) in [5, 5.41) is 17.5. The molecule has 0 spiro atoms. The summed E-state index contributed by atoms with van der Waals surface area (Å²) in [6, 6.07) is 2.80. The number of anilines is 2. The van der Waals surface area contributed by atoms with Gasteiger partial charge in [0.2, 0.25) is 0 Å². The Labute approximate surface area is 165 Å². The zero-order valence-electron chi connectivity index (χ0n) is 14.8. The van der Waals surface area contributed by atoms with Gasteiger partial charge in [0.1, 0.15) is 17.0 Å². The lowest BCUT2D eigenvalue weighted by Crippen LogP contribution is -2.21. The molecule has 0 saturated carbocycles. The molecule has 27 heavy (non-hydrogen) atoms. The van der Waals surface area contributed by atoms with Crippen LogP contribution in [0, 0.1) is 16.0 Å². The van der Waals surface area contributed by atoms with Crippen LogP contribution < -0.4 is 10.6 Å². The van der Waals surface area contributed by atoms with Gasteiger partial charge >= 0.3 is 5.97 Å². The van der Waals surface area contributed by atoms with Gasteiger partial charge in [0.05, 0.1) is 17.6 Å². The predicted octanol–water partition coefficient (Wildman–Crippen LogP) is 3.77. The minimum Gasteiger partial charge on any atom is -0.465 e. The zero-order chi connectivity index (χ0) is 19.6. The number of nitrogens with one attached hydrogen (secondary N) is 2. The second kappa shape index (κ2) is 7.97. The molecular weight excluding hydrogens is 388 g/mol. The van der Waals surface area contributed by atoms with Crippen LogP contribution in [0.5, 0.6) is 0 Å². The quantitative estimate of drug-likeness (QED) is 0.342. The Bertz CT molecular complexity index is 895. The highest BCUT2D eigenvalue weighted by Gasteiger charge is 2.28. The summed E-state index contributed by atoms with van der Waals surface area (Å²) in [6.07, 6.45) is 3.94. The van der Waals surface area contributed by atoms with Crippen LogP contribution in [0.25, 0.3) is 0 Å². The first-order valence-electron chi connectivity index (χ1n) is 8.30. The van der Waals surface area contributed by atoms with E-state index in [4.69, 9.17) is 17.0 Å². The van der Waals surface area contributed by atoms with Gasteiger partial charge in [0.15, 0.2) is 5.11 Å². The summed E-state index contributed by atoms with van der Waals surface area (Å²) >= 11 is 6.81. The summed E-state index contributed by atoms with van der Waals surface area (Å²) in [5.74, 6) is 0.553. The number of hydrogen-bond donors (Lipinski definition) is 2. The number of nitro groups is 1. The molecule has 0 amide bonds. The first-order chi connectivity index (χ1) is 12.9. The van der Waals surface area contributed by atoms with Gasteiger partial charge in [-0.15, -0.1) is 11.3 Å². The van der Waals surface area contributed by atoms with Crippen molar-refractivity contribution in [2.45, 2.75) is 26.2 Å². The second-order valence-electron chi connectivity index (χ2n) is 6.29. The highest BCUT2D eigenvalue weighted by molar-refractivity contribution is 7.80. The van der Waals surface area contributed by atoms with Crippen molar-refractivity contribution in [3.63, 3.8) is 0 Å². The molecule has 2 aromatic rings. The van der Waals surface area contributed by atoms with Gasteiger partial charge in [-0.1, -0.05) is 6.92 Å². The molecule has 0 bridgehead atoms. The van der Waals surface area contributed by atoms with Gasteiger partial charge in [-0.2, -0.15) is 0 Å². The minimum absolute atomic E-state index is 0.104. The van der Waals surface area contributed by atoms with Crippen LogP contribution in [-0.2, 0) is 17.6 Å².